The van der Waals surface area contributed by atoms with Gasteiger partial charge in [0, 0.05) is 45.5 Å². The Morgan fingerprint density at radius 1 is 1.31 bits per heavy atom. The first-order valence-corrected chi connectivity index (χ1v) is 6.17. The van der Waals surface area contributed by atoms with Gasteiger partial charge in [-0.3, -0.25) is 0 Å². The van der Waals surface area contributed by atoms with Crippen LogP contribution in [0.3, 0.4) is 0 Å². The highest BCUT2D eigenvalue weighted by atomic mass is 16.5. The molecule has 1 saturated heterocycles. The van der Waals surface area contributed by atoms with Crippen molar-refractivity contribution in [3.63, 3.8) is 0 Å². The van der Waals surface area contributed by atoms with Crippen molar-refractivity contribution >= 4 is 0 Å². The minimum atomic E-state index is 0.166. The third kappa shape index (κ3) is 4.78. The Labute approximate surface area is 98.4 Å². The number of hydrogen-bond donors (Lipinski definition) is 1. The molecule has 0 bridgehead atoms. The van der Waals surface area contributed by atoms with Crippen molar-refractivity contribution in [3.05, 3.63) is 0 Å². The van der Waals surface area contributed by atoms with Crippen molar-refractivity contribution < 1.29 is 14.2 Å². The highest BCUT2D eigenvalue weighted by molar-refractivity contribution is 4.82. The van der Waals surface area contributed by atoms with Gasteiger partial charge in [-0.05, 0) is 25.7 Å². The lowest BCUT2D eigenvalue weighted by molar-refractivity contribution is -0.0239. The molecule has 96 valence electrons. The maximum Gasteiger partial charge on any atom is 0.0535 e. The van der Waals surface area contributed by atoms with E-state index in [-0.39, 0.29) is 5.41 Å². The zero-order valence-electron chi connectivity index (χ0n) is 10.4. The van der Waals surface area contributed by atoms with Crippen molar-refractivity contribution in [2.75, 3.05) is 46.7 Å². The van der Waals surface area contributed by atoms with Gasteiger partial charge in [0.1, 0.15) is 0 Å². The number of methoxy groups -OCH3 is 1. The molecule has 0 aromatic heterocycles. The largest absolute Gasteiger partial charge is 0.385 e. The number of hydrogen-bond acceptors (Lipinski definition) is 4. The van der Waals surface area contributed by atoms with Gasteiger partial charge in [-0.15, -0.1) is 0 Å². The molecule has 1 atom stereocenters. The van der Waals surface area contributed by atoms with Gasteiger partial charge >= 0.3 is 0 Å². The normalized spacial score (nSPS) is 25.9. The molecule has 0 saturated carbocycles. The second kappa shape index (κ2) is 8.01. The molecule has 2 N–H and O–H groups in total. The van der Waals surface area contributed by atoms with Crippen LogP contribution in [-0.2, 0) is 14.2 Å². The molecule has 4 heteroatoms. The summed E-state index contributed by atoms with van der Waals surface area (Å²) in [5.74, 6) is 0. The fraction of sp³-hybridized carbons (Fsp3) is 1.00. The lowest BCUT2D eigenvalue weighted by atomic mass is 9.80. The number of ether oxygens (including phenoxy) is 3. The fourth-order valence-electron chi connectivity index (χ4n) is 2.07. The van der Waals surface area contributed by atoms with E-state index in [1.54, 1.807) is 7.11 Å². The Morgan fingerprint density at radius 3 is 2.81 bits per heavy atom. The molecule has 1 heterocycles. The lowest BCUT2D eigenvalue weighted by Gasteiger charge is -2.35. The van der Waals surface area contributed by atoms with Gasteiger partial charge in [0.2, 0.25) is 0 Å². The van der Waals surface area contributed by atoms with E-state index in [1.165, 1.54) is 6.42 Å². The van der Waals surface area contributed by atoms with Crippen LogP contribution in [0.4, 0.5) is 0 Å². The number of rotatable bonds is 8. The van der Waals surface area contributed by atoms with Crippen LogP contribution in [0.2, 0.25) is 0 Å². The van der Waals surface area contributed by atoms with E-state index in [0.29, 0.717) is 6.54 Å². The molecule has 1 aliphatic heterocycles. The summed E-state index contributed by atoms with van der Waals surface area (Å²) in [6.07, 6.45) is 4.27. The smallest absolute Gasteiger partial charge is 0.0535 e. The van der Waals surface area contributed by atoms with Gasteiger partial charge < -0.3 is 19.9 Å². The van der Waals surface area contributed by atoms with E-state index < -0.39 is 0 Å². The molecule has 16 heavy (non-hydrogen) atoms. The summed E-state index contributed by atoms with van der Waals surface area (Å²) in [7, 11) is 1.71. The first-order valence-electron chi connectivity index (χ1n) is 6.17. The Hall–Kier alpha value is -0.160. The summed E-state index contributed by atoms with van der Waals surface area (Å²) in [6, 6.07) is 0. The van der Waals surface area contributed by atoms with Gasteiger partial charge in [-0.1, -0.05) is 0 Å². The molecule has 0 aromatic rings. The molecule has 1 rings (SSSR count). The summed E-state index contributed by atoms with van der Waals surface area (Å²) in [5.41, 5.74) is 6.01. The summed E-state index contributed by atoms with van der Waals surface area (Å²) < 4.78 is 16.0. The highest BCUT2D eigenvalue weighted by Crippen LogP contribution is 2.30. The molecule has 0 amide bonds. The van der Waals surface area contributed by atoms with Crippen molar-refractivity contribution in [2.24, 2.45) is 11.1 Å². The Bertz CT molecular complexity index is 170. The Balaban J connectivity index is 2.08. The quantitative estimate of drug-likeness (QED) is 0.637. The first-order chi connectivity index (χ1) is 7.83. The predicted octanol–water partition coefficient (Wildman–Crippen LogP) is 1.19. The minimum Gasteiger partial charge on any atom is -0.385 e. The third-order valence-electron chi connectivity index (χ3n) is 3.25. The van der Waals surface area contributed by atoms with E-state index in [1.807, 2.05) is 0 Å². The molecule has 0 aromatic carbocycles. The summed E-state index contributed by atoms with van der Waals surface area (Å²) in [6.45, 7) is 4.71. The van der Waals surface area contributed by atoms with Crippen LogP contribution in [-0.4, -0.2) is 46.7 Å². The van der Waals surface area contributed by atoms with Crippen LogP contribution in [0.15, 0.2) is 0 Å². The average Bonchev–Trinajstić information content (AvgIpc) is 2.35. The van der Waals surface area contributed by atoms with Crippen LogP contribution in [0.25, 0.3) is 0 Å². The molecular weight excluding hydrogens is 206 g/mol. The maximum absolute atomic E-state index is 5.85. The maximum atomic E-state index is 5.85. The lowest BCUT2D eigenvalue weighted by Crippen LogP contribution is -2.39. The van der Waals surface area contributed by atoms with Gasteiger partial charge in [-0.25, -0.2) is 0 Å². The fourth-order valence-corrected chi connectivity index (χ4v) is 2.07. The van der Waals surface area contributed by atoms with Crippen LogP contribution in [0.5, 0.6) is 0 Å². The SMILES string of the molecule is COCCCOCCC1(CN)CCCOC1. The molecule has 1 aliphatic rings. The molecule has 0 radical (unpaired) electrons. The van der Waals surface area contributed by atoms with E-state index >= 15 is 0 Å². The van der Waals surface area contributed by atoms with Gasteiger partial charge in [0.05, 0.1) is 6.61 Å². The second-order valence-electron chi connectivity index (χ2n) is 4.57. The summed E-state index contributed by atoms with van der Waals surface area (Å²) >= 11 is 0. The topological polar surface area (TPSA) is 53.7 Å². The van der Waals surface area contributed by atoms with Gasteiger partial charge in [-0.2, -0.15) is 0 Å². The zero-order chi connectivity index (χ0) is 11.7. The van der Waals surface area contributed by atoms with Crippen LogP contribution < -0.4 is 5.73 Å². The van der Waals surface area contributed by atoms with Crippen molar-refractivity contribution in [1.82, 2.24) is 0 Å². The molecule has 1 unspecified atom stereocenters. The number of nitrogens with two attached hydrogens (primary N) is 1. The standard InChI is InChI=1S/C12H25NO3/c1-14-6-3-8-15-9-5-12(10-13)4-2-7-16-11-12/h2-11,13H2,1H3. The highest BCUT2D eigenvalue weighted by Gasteiger charge is 2.30. The van der Waals surface area contributed by atoms with E-state index in [2.05, 4.69) is 0 Å². The van der Waals surface area contributed by atoms with Crippen molar-refractivity contribution in [1.29, 1.82) is 0 Å². The van der Waals surface area contributed by atoms with Crippen LogP contribution in [0, 0.1) is 5.41 Å². The Kier molecular flexibility index (Phi) is 6.96. The average molecular weight is 231 g/mol. The molecule has 4 nitrogen and oxygen atoms in total. The zero-order valence-corrected chi connectivity index (χ0v) is 10.4. The second-order valence-corrected chi connectivity index (χ2v) is 4.57. The Morgan fingerprint density at radius 2 is 2.19 bits per heavy atom. The van der Waals surface area contributed by atoms with E-state index in [0.717, 1.165) is 52.3 Å². The van der Waals surface area contributed by atoms with Gasteiger partial charge in [0.25, 0.3) is 0 Å². The minimum absolute atomic E-state index is 0.166. The monoisotopic (exact) mass is 231 g/mol. The molecule has 0 aliphatic carbocycles. The molecular formula is C12H25NO3. The van der Waals surface area contributed by atoms with Crippen molar-refractivity contribution in [2.45, 2.75) is 25.7 Å². The summed E-state index contributed by atoms with van der Waals surface area (Å²) in [4.78, 5) is 0. The van der Waals surface area contributed by atoms with E-state index in [4.69, 9.17) is 19.9 Å². The third-order valence-corrected chi connectivity index (χ3v) is 3.25. The summed E-state index contributed by atoms with van der Waals surface area (Å²) in [5, 5.41) is 0. The molecule has 1 fully saturated rings. The van der Waals surface area contributed by atoms with Crippen LogP contribution >= 0.6 is 0 Å². The van der Waals surface area contributed by atoms with E-state index in [9.17, 15) is 0 Å². The predicted molar refractivity (Wildman–Crippen MR) is 63.5 cm³/mol. The molecule has 0 spiro atoms. The van der Waals surface area contributed by atoms with Crippen LogP contribution in [0.1, 0.15) is 25.7 Å². The van der Waals surface area contributed by atoms with Crippen molar-refractivity contribution in [3.8, 4) is 0 Å². The first kappa shape index (κ1) is 13.9. The van der Waals surface area contributed by atoms with Gasteiger partial charge in [0.15, 0.2) is 0 Å².